The maximum atomic E-state index is 12.4. The van der Waals surface area contributed by atoms with Gasteiger partial charge in [0.05, 0.1) is 13.2 Å². The first-order valence-electron chi connectivity index (χ1n) is 8.66. The number of allylic oxidation sites excluding steroid dienone is 1. The van der Waals surface area contributed by atoms with Crippen LogP contribution in [0.25, 0.3) is 4.85 Å². The molecule has 1 aliphatic carbocycles. The normalized spacial score (nSPS) is 18.5. The molecule has 2 aromatic rings. The lowest BCUT2D eigenvalue weighted by Crippen LogP contribution is -2.13. The largest absolute Gasteiger partial charge is 0.471 e. The molecule has 1 aliphatic rings. The smallest absolute Gasteiger partial charge is 0.336 e. The highest BCUT2D eigenvalue weighted by Gasteiger charge is 2.29. The van der Waals surface area contributed by atoms with Gasteiger partial charge in [-0.1, -0.05) is 54.6 Å². The van der Waals surface area contributed by atoms with E-state index < -0.39 is 5.97 Å². The van der Waals surface area contributed by atoms with Crippen molar-refractivity contribution in [2.45, 2.75) is 32.1 Å². The lowest BCUT2D eigenvalue weighted by Gasteiger charge is -2.22. The fraction of sp³-hybridized carbons (Fsp3) is 0.273. The van der Waals surface area contributed by atoms with E-state index in [2.05, 4.69) is 35.2 Å². The number of benzene rings is 2. The maximum Gasteiger partial charge on any atom is 0.336 e. The van der Waals surface area contributed by atoms with Gasteiger partial charge in [0.2, 0.25) is 0 Å². The first-order valence-corrected chi connectivity index (χ1v) is 8.66. The van der Waals surface area contributed by atoms with Crippen LogP contribution in [-0.4, -0.2) is 12.6 Å². The van der Waals surface area contributed by atoms with E-state index in [0.29, 0.717) is 0 Å². The molecule has 0 saturated heterocycles. The quantitative estimate of drug-likeness (QED) is 0.347. The molecule has 2 aromatic carbocycles. The summed E-state index contributed by atoms with van der Waals surface area (Å²) in [5.41, 5.74) is 4.61. The van der Waals surface area contributed by atoms with Gasteiger partial charge in [-0.3, -0.25) is 4.79 Å². The van der Waals surface area contributed by atoms with Crippen molar-refractivity contribution in [3.05, 3.63) is 94.0 Å². The van der Waals surface area contributed by atoms with Crippen LogP contribution in [0.5, 0.6) is 0 Å². The van der Waals surface area contributed by atoms with E-state index in [1.165, 1.54) is 11.1 Å². The summed E-state index contributed by atoms with van der Waals surface area (Å²) < 4.78 is 5.15. The molecule has 0 aliphatic heterocycles. The monoisotopic (exact) mass is 331 g/mol. The summed E-state index contributed by atoms with van der Waals surface area (Å²) in [5, 5.41) is 0. The summed E-state index contributed by atoms with van der Waals surface area (Å²) in [6.45, 7) is 9.62. The van der Waals surface area contributed by atoms with Gasteiger partial charge in [-0.25, -0.2) is 4.85 Å². The van der Waals surface area contributed by atoms with Crippen LogP contribution in [-0.2, 0) is 16.0 Å². The molecule has 3 heteroatoms. The van der Waals surface area contributed by atoms with Crippen molar-refractivity contribution in [1.29, 1.82) is 0 Å². The van der Waals surface area contributed by atoms with E-state index in [1.807, 2.05) is 24.3 Å². The molecule has 0 radical (unpaired) electrons. The summed E-state index contributed by atoms with van der Waals surface area (Å²) in [7, 11) is 0. The van der Waals surface area contributed by atoms with Crippen molar-refractivity contribution in [2.75, 3.05) is 6.61 Å². The number of aryl methyl sites for hydroxylation is 1. The Bertz CT molecular complexity index is 831. The Kier molecular flexibility index (Phi) is 5.30. The van der Waals surface area contributed by atoms with Gasteiger partial charge in [-0.15, -0.1) is 0 Å². The molecule has 25 heavy (non-hydrogen) atoms. The molecule has 1 atom stereocenters. The molecule has 0 aromatic heterocycles. The molecule has 0 spiro atoms. The SMILES string of the molecule is [C-]#[N+]/C(C(=O)OCC)=C1/CCCc2ccccc2C1c1ccccc1. The molecule has 0 amide bonds. The zero-order chi connectivity index (χ0) is 17.6. The van der Waals surface area contributed by atoms with Gasteiger partial charge < -0.3 is 4.74 Å². The lowest BCUT2D eigenvalue weighted by molar-refractivity contribution is -0.138. The van der Waals surface area contributed by atoms with Gasteiger partial charge in [0.15, 0.2) is 0 Å². The highest BCUT2D eigenvalue weighted by atomic mass is 16.5. The van der Waals surface area contributed by atoms with Crippen LogP contribution >= 0.6 is 0 Å². The van der Waals surface area contributed by atoms with Gasteiger partial charge in [-0.2, -0.15) is 0 Å². The minimum Gasteiger partial charge on any atom is -0.471 e. The van der Waals surface area contributed by atoms with Crippen molar-refractivity contribution < 1.29 is 9.53 Å². The Morgan fingerprint density at radius 1 is 1.12 bits per heavy atom. The summed E-state index contributed by atoms with van der Waals surface area (Å²) in [4.78, 5) is 16.0. The predicted molar refractivity (Wildman–Crippen MR) is 97.9 cm³/mol. The van der Waals surface area contributed by atoms with Crippen LogP contribution in [0.15, 0.2) is 65.9 Å². The number of carbonyl (C=O) groups excluding carboxylic acids is 1. The van der Waals surface area contributed by atoms with E-state index in [9.17, 15) is 4.79 Å². The number of esters is 1. The van der Waals surface area contributed by atoms with Gasteiger partial charge in [0.25, 0.3) is 5.70 Å². The Morgan fingerprint density at radius 2 is 1.84 bits per heavy atom. The van der Waals surface area contributed by atoms with E-state index in [0.717, 1.165) is 30.4 Å². The number of carbonyl (C=O) groups is 1. The van der Waals surface area contributed by atoms with E-state index in [1.54, 1.807) is 6.92 Å². The number of hydrogen-bond acceptors (Lipinski definition) is 2. The minimum atomic E-state index is -0.507. The Morgan fingerprint density at radius 3 is 2.56 bits per heavy atom. The fourth-order valence-electron chi connectivity index (χ4n) is 3.57. The van der Waals surface area contributed by atoms with Crippen molar-refractivity contribution in [1.82, 2.24) is 0 Å². The van der Waals surface area contributed by atoms with Gasteiger partial charge >= 0.3 is 5.97 Å². The van der Waals surface area contributed by atoms with E-state index in [-0.39, 0.29) is 18.2 Å². The molecule has 0 N–H and O–H groups in total. The topological polar surface area (TPSA) is 30.7 Å². The number of rotatable bonds is 3. The molecule has 126 valence electrons. The van der Waals surface area contributed by atoms with Crippen molar-refractivity contribution in [2.24, 2.45) is 0 Å². The van der Waals surface area contributed by atoms with Crippen molar-refractivity contribution in [3.63, 3.8) is 0 Å². The van der Waals surface area contributed by atoms with Crippen LogP contribution in [0.4, 0.5) is 0 Å². The molecule has 0 fully saturated rings. The molecule has 3 nitrogen and oxygen atoms in total. The second-order valence-corrected chi connectivity index (χ2v) is 6.10. The minimum absolute atomic E-state index is 0.0755. The van der Waals surface area contributed by atoms with Crippen LogP contribution in [0.2, 0.25) is 0 Å². The number of fused-ring (bicyclic) bond motifs is 1. The van der Waals surface area contributed by atoms with Gasteiger partial charge in [0, 0.05) is 5.92 Å². The average Bonchev–Trinajstić information content (AvgIpc) is 2.83. The molecular formula is C22H21NO2. The third kappa shape index (κ3) is 3.49. The zero-order valence-corrected chi connectivity index (χ0v) is 14.4. The van der Waals surface area contributed by atoms with Crippen LogP contribution in [0.1, 0.15) is 42.4 Å². The molecule has 3 rings (SSSR count). The average molecular weight is 331 g/mol. The van der Waals surface area contributed by atoms with Crippen LogP contribution < -0.4 is 0 Å². The highest BCUT2D eigenvalue weighted by molar-refractivity contribution is 5.92. The Balaban J connectivity index is 2.23. The first kappa shape index (κ1) is 17.0. The summed E-state index contributed by atoms with van der Waals surface area (Å²) in [5.74, 6) is -0.582. The van der Waals surface area contributed by atoms with E-state index in [4.69, 9.17) is 11.3 Å². The predicted octanol–water partition coefficient (Wildman–Crippen LogP) is 4.89. The van der Waals surface area contributed by atoms with Gasteiger partial charge in [0.1, 0.15) is 0 Å². The summed E-state index contributed by atoms with van der Waals surface area (Å²) in [6, 6.07) is 18.5. The Hall–Kier alpha value is -2.86. The third-order valence-electron chi connectivity index (χ3n) is 4.62. The van der Waals surface area contributed by atoms with Gasteiger partial charge in [-0.05, 0) is 48.4 Å². The summed E-state index contributed by atoms with van der Waals surface area (Å²) >= 11 is 0. The number of ether oxygens (including phenoxy) is 1. The Labute approximate surface area is 148 Å². The number of nitrogens with zero attached hydrogens (tertiary/aromatic N) is 1. The fourth-order valence-corrected chi connectivity index (χ4v) is 3.57. The molecular weight excluding hydrogens is 310 g/mol. The maximum absolute atomic E-state index is 12.4. The van der Waals surface area contributed by atoms with E-state index >= 15 is 0 Å². The van der Waals surface area contributed by atoms with Crippen molar-refractivity contribution >= 4 is 5.97 Å². The second-order valence-electron chi connectivity index (χ2n) is 6.10. The third-order valence-corrected chi connectivity index (χ3v) is 4.62. The molecule has 0 heterocycles. The van der Waals surface area contributed by atoms with Crippen LogP contribution in [0.3, 0.4) is 0 Å². The summed E-state index contributed by atoms with van der Waals surface area (Å²) in [6.07, 6.45) is 2.61. The molecule has 0 bridgehead atoms. The lowest BCUT2D eigenvalue weighted by atomic mass is 9.82. The number of hydrogen-bond donors (Lipinski definition) is 0. The highest BCUT2D eigenvalue weighted by Crippen LogP contribution is 2.41. The molecule has 0 saturated carbocycles. The standard InChI is InChI=1S/C22H21NO2/c1-3-25-22(24)21(23-2)19-15-9-13-16-10-7-8-14-18(16)20(19)17-11-5-4-6-12-17/h4-8,10-12,14,20H,3,9,13,15H2,1H3/b21-19-. The van der Waals surface area contributed by atoms with Crippen LogP contribution in [0, 0.1) is 6.57 Å². The first-order chi connectivity index (χ1) is 12.3. The molecule has 1 unspecified atom stereocenters. The van der Waals surface area contributed by atoms with Crippen molar-refractivity contribution in [3.8, 4) is 0 Å². The second kappa shape index (κ2) is 7.81. The zero-order valence-electron chi connectivity index (χ0n) is 14.4.